The van der Waals surface area contributed by atoms with Gasteiger partial charge in [-0.05, 0) is 40.5 Å². The van der Waals surface area contributed by atoms with E-state index in [2.05, 4.69) is 74.1 Å². The Morgan fingerprint density at radius 3 is 2.46 bits per heavy atom. The van der Waals surface area contributed by atoms with E-state index in [4.69, 9.17) is 9.26 Å². The van der Waals surface area contributed by atoms with Gasteiger partial charge in [0.05, 0.1) is 17.9 Å². The number of ether oxygens (including phenoxy) is 1. The first-order valence-electron chi connectivity index (χ1n) is 10.1. The van der Waals surface area contributed by atoms with Crippen LogP contribution in [0.4, 0.5) is 0 Å². The summed E-state index contributed by atoms with van der Waals surface area (Å²) in [5.41, 5.74) is 0.967. The maximum atomic E-state index is 5.87. The van der Waals surface area contributed by atoms with Gasteiger partial charge in [0.2, 0.25) is 0 Å². The Kier molecular flexibility index (Phi) is 10.2. The molecule has 1 saturated heterocycles. The number of nitrogens with one attached hydrogen (secondary N) is 2. The zero-order chi connectivity index (χ0) is 20.0. The van der Waals surface area contributed by atoms with Gasteiger partial charge in [-0.1, -0.05) is 19.0 Å². The monoisotopic (exact) mass is 507 g/mol. The summed E-state index contributed by atoms with van der Waals surface area (Å²) in [6, 6.07) is 1.98. The second-order valence-electron chi connectivity index (χ2n) is 8.40. The highest BCUT2D eigenvalue weighted by atomic mass is 127. The van der Waals surface area contributed by atoms with E-state index >= 15 is 0 Å². The fourth-order valence-electron chi connectivity index (χ4n) is 3.26. The van der Waals surface area contributed by atoms with Gasteiger partial charge < -0.3 is 19.9 Å². The number of aromatic nitrogens is 1. The van der Waals surface area contributed by atoms with Crippen LogP contribution in [0.5, 0.6) is 0 Å². The Morgan fingerprint density at radius 2 is 1.93 bits per heavy atom. The molecule has 0 spiro atoms. The molecule has 0 aromatic carbocycles. The third-order valence-electron chi connectivity index (χ3n) is 4.87. The molecule has 0 saturated carbocycles. The molecule has 1 aromatic heterocycles. The van der Waals surface area contributed by atoms with Gasteiger partial charge in [0.25, 0.3) is 0 Å². The molecule has 8 heteroatoms. The van der Waals surface area contributed by atoms with E-state index in [0.717, 1.165) is 43.6 Å². The Labute approximate surface area is 187 Å². The van der Waals surface area contributed by atoms with Crippen LogP contribution in [0.15, 0.2) is 15.6 Å². The van der Waals surface area contributed by atoms with Crippen LogP contribution in [0.25, 0.3) is 0 Å². The normalized spacial score (nSPS) is 21.5. The number of aliphatic imine (C=N–C) groups is 1. The summed E-state index contributed by atoms with van der Waals surface area (Å²) >= 11 is 0. The zero-order valence-corrected chi connectivity index (χ0v) is 20.7. The molecule has 1 aliphatic heterocycles. The Balaban J connectivity index is 0.00000392. The lowest BCUT2D eigenvalue weighted by molar-refractivity contribution is -0.0946. The smallest absolute Gasteiger partial charge is 0.191 e. The predicted octanol–water partition coefficient (Wildman–Crippen LogP) is 3.36. The molecule has 2 rings (SSSR count). The van der Waals surface area contributed by atoms with Crippen molar-refractivity contribution in [3.63, 3.8) is 0 Å². The molecular weight excluding hydrogens is 469 g/mol. The predicted molar refractivity (Wildman–Crippen MR) is 124 cm³/mol. The highest BCUT2D eigenvalue weighted by molar-refractivity contribution is 14.0. The summed E-state index contributed by atoms with van der Waals surface area (Å²) in [4.78, 5) is 7.15. The number of halogens is 1. The summed E-state index contributed by atoms with van der Waals surface area (Å²) in [5.74, 6) is 1.94. The Morgan fingerprint density at radius 1 is 1.29 bits per heavy atom. The second kappa shape index (κ2) is 11.3. The van der Waals surface area contributed by atoms with Crippen molar-refractivity contribution in [3.05, 3.63) is 17.5 Å². The topological polar surface area (TPSA) is 74.9 Å². The lowest BCUT2D eigenvalue weighted by Gasteiger charge is -2.45. The quantitative estimate of drug-likeness (QED) is 0.335. The number of hydrogen-bond donors (Lipinski definition) is 2. The van der Waals surface area contributed by atoms with Crippen molar-refractivity contribution in [3.8, 4) is 0 Å². The first kappa shape index (κ1) is 25.2. The summed E-state index contributed by atoms with van der Waals surface area (Å²) < 4.78 is 11.3. The van der Waals surface area contributed by atoms with Crippen molar-refractivity contribution in [2.45, 2.75) is 78.7 Å². The maximum Gasteiger partial charge on any atom is 0.191 e. The van der Waals surface area contributed by atoms with Gasteiger partial charge in [-0.2, -0.15) is 0 Å². The number of rotatable bonds is 7. The van der Waals surface area contributed by atoms with Gasteiger partial charge in [0.1, 0.15) is 6.54 Å². The van der Waals surface area contributed by atoms with E-state index in [9.17, 15) is 0 Å². The van der Waals surface area contributed by atoms with Crippen LogP contribution in [0.2, 0.25) is 0 Å². The number of hydrogen-bond acceptors (Lipinski definition) is 5. The average Bonchev–Trinajstić information content (AvgIpc) is 3.06. The zero-order valence-electron chi connectivity index (χ0n) is 18.4. The van der Waals surface area contributed by atoms with Gasteiger partial charge in [-0.3, -0.25) is 4.90 Å². The van der Waals surface area contributed by atoms with Gasteiger partial charge in [0.15, 0.2) is 11.7 Å². The molecule has 2 atom stereocenters. The van der Waals surface area contributed by atoms with Gasteiger partial charge in [-0.25, -0.2) is 4.99 Å². The molecule has 1 aliphatic rings. The average molecular weight is 507 g/mol. The minimum atomic E-state index is -0.000455. The standard InChI is InChI=1S/C20H37N5O2.HI/c1-8-21-19(22-10-17-9-18(14(2)3)24-27-17)23-13-20(6,7)25-11-15(4)26-16(5)12-25;/h9,14-16H,8,10-13H2,1-7H3,(H2,21,22,23);1H. The van der Waals surface area contributed by atoms with Gasteiger partial charge in [-0.15, -0.1) is 24.0 Å². The summed E-state index contributed by atoms with van der Waals surface area (Å²) in [6.07, 6.45) is 0.521. The van der Waals surface area contributed by atoms with Crippen LogP contribution in [0.3, 0.4) is 0 Å². The highest BCUT2D eigenvalue weighted by Gasteiger charge is 2.33. The van der Waals surface area contributed by atoms with E-state index in [-0.39, 0.29) is 41.7 Å². The van der Waals surface area contributed by atoms with E-state index in [1.807, 2.05) is 6.07 Å². The fraction of sp³-hybridized carbons (Fsp3) is 0.800. The van der Waals surface area contributed by atoms with Crippen LogP contribution < -0.4 is 10.6 Å². The van der Waals surface area contributed by atoms with Crippen molar-refractivity contribution >= 4 is 29.9 Å². The number of nitrogens with zero attached hydrogens (tertiary/aromatic N) is 3. The largest absolute Gasteiger partial charge is 0.373 e. The lowest BCUT2D eigenvalue weighted by Crippen LogP contribution is -2.59. The molecular formula is C20H38IN5O2. The van der Waals surface area contributed by atoms with Crippen LogP contribution in [-0.4, -0.2) is 59.9 Å². The number of guanidine groups is 1. The lowest BCUT2D eigenvalue weighted by atomic mass is 10.00. The second-order valence-corrected chi connectivity index (χ2v) is 8.40. The molecule has 0 radical (unpaired) electrons. The fourth-order valence-corrected chi connectivity index (χ4v) is 3.26. The molecule has 0 amide bonds. The Bertz CT molecular complexity index is 607. The van der Waals surface area contributed by atoms with E-state index in [1.165, 1.54) is 0 Å². The van der Waals surface area contributed by atoms with Crippen molar-refractivity contribution in [2.75, 3.05) is 26.2 Å². The van der Waals surface area contributed by atoms with Crippen LogP contribution in [0, 0.1) is 0 Å². The molecule has 1 fully saturated rings. The van der Waals surface area contributed by atoms with Crippen molar-refractivity contribution in [1.29, 1.82) is 0 Å². The summed E-state index contributed by atoms with van der Waals surface area (Å²) in [6.45, 7) is 19.1. The SMILES string of the molecule is CCNC(=NCc1cc(C(C)C)no1)NCC(C)(C)N1CC(C)OC(C)C1.I. The third-order valence-corrected chi connectivity index (χ3v) is 4.87. The third kappa shape index (κ3) is 7.51. The molecule has 2 N–H and O–H groups in total. The molecule has 28 heavy (non-hydrogen) atoms. The van der Waals surface area contributed by atoms with E-state index in [0.29, 0.717) is 12.5 Å². The number of morpholine rings is 1. The molecule has 1 aromatic rings. The molecule has 7 nitrogen and oxygen atoms in total. The minimum Gasteiger partial charge on any atom is -0.373 e. The first-order valence-corrected chi connectivity index (χ1v) is 10.1. The minimum absolute atomic E-state index is 0. The van der Waals surface area contributed by atoms with E-state index < -0.39 is 0 Å². The maximum absolute atomic E-state index is 5.87. The Hall–Kier alpha value is -0.870. The molecule has 2 heterocycles. The molecule has 0 aliphatic carbocycles. The van der Waals surface area contributed by atoms with Crippen LogP contribution in [0.1, 0.15) is 65.8 Å². The van der Waals surface area contributed by atoms with Crippen molar-refractivity contribution < 1.29 is 9.26 Å². The van der Waals surface area contributed by atoms with Gasteiger partial charge >= 0.3 is 0 Å². The highest BCUT2D eigenvalue weighted by Crippen LogP contribution is 2.20. The van der Waals surface area contributed by atoms with Crippen molar-refractivity contribution in [1.82, 2.24) is 20.7 Å². The summed E-state index contributed by atoms with van der Waals surface area (Å²) in [7, 11) is 0. The van der Waals surface area contributed by atoms with Gasteiger partial charge in [0, 0.05) is 37.8 Å². The summed E-state index contributed by atoms with van der Waals surface area (Å²) in [5, 5.41) is 10.9. The first-order chi connectivity index (χ1) is 12.7. The van der Waals surface area contributed by atoms with Crippen molar-refractivity contribution in [2.24, 2.45) is 4.99 Å². The van der Waals surface area contributed by atoms with E-state index in [1.54, 1.807) is 0 Å². The molecule has 162 valence electrons. The molecule has 0 bridgehead atoms. The van der Waals surface area contributed by atoms with Crippen LogP contribution in [-0.2, 0) is 11.3 Å². The van der Waals surface area contributed by atoms with Crippen LogP contribution >= 0.6 is 24.0 Å². The molecule has 2 unspecified atom stereocenters.